The Kier molecular flexibility index (Phi) is 5.57. The number of nitrogens with zero attached hydrogens (tertiary/aromatic N) is 3. The number of hydrogen-bond donors (Lipinski definition) is 0. The predicted molar refractivity (Wildman–Crippen MR) is 115 cm³/mol. The van der Waals surface area contributed by atoms with Gasteiger partial charge in [-0.25, -0.2) is 4.79 Å². The Morgan fingerprint density at radius 3 is 2.48 bits per heavy atom. The fourth-order valence-electron chi connectivity index (χ4n) is 3.63. The van der Waals surface area contributed by atoms with Gasteiger partial charge in [-0.3, -0.25) is 14.9 Å². The van der Waals surface area contributed by atoms with Gasteiger partial charge in [0.1, 0.15) is 11.3 Å². The first-order chi connectivity index (χ1) is 14.9. The van der Waals surface area contributed by atoms with Crippen molar-refractivity contribution in [1.29, 1.82) is 0 Å². The molecular weight excluding hydrogens is 402 g/mol. The van der Waals surface area contributed by atoms with Crippen LogP contribution >= 0.6 is 0 Å². The normalized spacial score (nSPS) is 14.0. The zero-order valence-corrected chi connectivity index (χ0v) is 16.9. The highest BCUT2D eigenvalue weighted by atomic mass is 16.6. The van der Waals surface area contributed by atoms with E-state index in [2.05, 4.69) is 4.90 Å². The monoisotopic (exact) mass is 423 g/mol. The second-order valence-corrected chi connectivity index (χ2v) is 7.34. The highest BCUT2D eigenvalue weighted by Gasteiger charge is 2.22. The molecule has 0 bridgehead atoms. The van der Waals surface area contributed by atoms with E-state index in [9.17, 15) is 19.7 Å². The number of hydrogen-bond acceptors (Lipinski definition) is 7. The highest BCUT2D eigenvalue weighted by molar-refractivity contribution is 5.82. The molecule has 0 unspecified atom stereocenters. The van der Waals surface area contributed by atoms with Crippen LogP contribution in [-0.2, 0) is 4.79 Å². The lowest BCUT2D eigenvalue weighted by molar-refractivity contribution is -0.384. The predicted octanol–water partition coefficient (Wildman–Crippen LogP) is 2.74. The number of carbonyl (C=O) groups excluding carboxylic acids is 1. The van der Waals surface area contributed by atoms with E-state index >= 15 is 0 Å². The molecule has 1 amide bonds. The van der Waals surface area contributed by atoms with E-state index < -0.39 is 10.5 Å². The van der Waals surface area contributed by atoms with E-state index in [1.165, 1.54) is 18.2 Å². The number of non-ortho nitro benzene ring substituents is 1. The summed E-state index contributed by atoms with van der Waals surface area (Å²) in [6, 6.07) is 13.0. The minimum atomic E-state index is -0.427. The number of nitro benzene ring substituents is 1. The standard InChI is InChI=1S/C22H21N3O6/c1-15-12-22(27)31-20-13-18(6-7-19(15)20)30-14-21(26)24-10-8-23(9-11-24)16-2-4-17(5-3-16)25(28)29/h2-7,12-13H,8-11,14H2,1H3. The molecule has 2 aromatic carbocycles. The van der Waals surface area contributed by atoms with Crippen LogP contribution in [0.15, 0.2) is 57.7 Å². The molecule has 1 aromatic heterocycles. The lowest BCUT2D eigenvalue weighted by Crippen LogP contribution is -2.50. The van der Waals surface area contributed by atoms with Crippen LogP contribution in [0.25, 0.3) is 11.0 Å². The van der Waals surface area contributed by atoms with Gasteiger partial charge >= 0.3 is 5.63 Å². The van der Waals surface area contributed by atoms with Gasteiger partial charge in [0, 0.05) is 61.5 Å². The van der Waals surface area contributed by atoms with Crippen LogP contribution in [0.3, 0.4) is 0 Å². The van der Waals surface area contributed by atoms with Crippen molar-refractivity contribution in [3.05, 3.63) is 74.6 Å². The van der Waals surface area contributed by atoms with Crippen LogP contribution in [0.1, 0.15) is 5.56 Å². The average molecular weight is 423 g/mol. The van der Waals surface area contributed by atoms with Gasteiger partial charge < -0.3 is 19.0 Å². The van der Waals surface area contributed by atoms with Crippen molar-refractivity contribution in [1.82, 2.24) is 4.90 Å². The fraction of sp³-hybridized carbons (Fsp3) is 0.273. The number of anilines is 1. The number of fused-ring (bicyclic) bond motifs is 1. The van der Waals surface area contributed by atoms with E-state index in [0.717, 1.165) is 16.6 Å². The summed E-state index contributed by atoms with van der Waals surface area (Å²) in [6.07, 6.45) is 0. The molecule has 0 saturated carbocycles. The first-order valence-electron chi connectivity index (χ1n) is 9.85. The average Bonchev–Trinajstić information content (AvgIpc) is 2.77. The molecule has 0 spiro atoms. The molecule has 1 fully saturated rings. The maximum Gasteiger partial charge on any atom is 0.336 e. The maximum atomic E-state index is 12.5. The summed E-state index contributed by atoms with van der Waals surface area (Å²) >= 11 is 0. The van der Waals surface area contributed by atoms with Crippen LogP contribution in [0.5, 0.6) is 5.75 Å². The molecule has 0 atom stereocenters. The van der Waals surface area contributed by atoms with Crippen molar-refractivity contribution in [3.63, 3.8) is 0 Å². The van der Waals surface area contributed by atoms with Gasteiger partial charge in [0.15, 0.2) is 6.61 Å². The summed E-state index contributed by atoms with van der Waals surface area (Å²) in [7, 11) is 0. The van der Waals surface area contributed by atoms with E-state index in [-0.39, 0.29) is 18.2 Å². The van der Waals surface area contributed by atoms with Crippen molar-refractivity contribution < 1.29 is 18.9 Å². The smallest absolute Gasteiger partial charge is 0.336 e. The Hall–Kier alpha value is -3.88. The van der Waals surface area contributed by atoms with Crippen molar-refractivity contribution in [2.75, 3.05) is 37.7 Å². The first-order valence-corrected chi connectivity index (χ1v) is 9.85. The van der Waals surface area contributed by atoms with Crippen molar-refractivity contribution in [2.45, 2.75) is 6.92 Å². The van der Waals surface area contributed by atoms with E-state index in [0.29, 0.717) is 37.5 Å². The zero-order chi connectivity index (χ0) is 22.0. The second kappa shape index (κ2) is 8.47. The van der Waals surface area contributed by atoms with Gasteiger partial charge in [-0.1, -0.05) is 0 Å². The molecule has 0 aliphatic carbocycles. The minimum absolute atomic E-state index is 0.0536. The Bertz CT molecular complexity index is 1180. The van der Waals surface area contributed by atoms with Crippen molar-refractivity contribution in [2.24, 2.45) is 0 Å². The third-order valence-corrected chi connectivity index (χ3v) is 5.34. The SMILES string of the molecule is Cc1cc(=O)oc2cc(OCC(=O)N3CCN(c4ccc([N+](=O)[O-])cc4)CC3)ccc12. The Labute approximate surface area is 177 Å². The van der Waals surface area contributed by atoms with Gasteiger partial charge in [-0.15, -0.1) is 0 Å². The molecule has 0 N–H and O–H groups in total. The van der Waals surface area contributed by atoms with Gasteiger partial charge in [-0.05, 0) is 36.8 Å². The molecule has 1 aliphatic rings. The van der Waals surface area contributed by atoms with Gasteiger partial charge in [0.2, 0.25) is 0 Å². The molecule has 2 heterocycles. The molecule has 0 radical (unpaired) electrons. The lowest BCUT2D eigenvalue weighted by atomic mass is 10.1. The molecule has 4 rings (SSSR count). The van der Waals surface area contributed by atoms with Gasteiger partial charge in [0.25, 0.3) is 11.6 Å². The molecule has 1 saturated heterocycles. The molecule has 3 aromatic rings. The number of aryl methyl sites for hydroxylation is 1. The van der Waals surface area contributed by atoms with Crippen LogP contribution in [0.4, 0.5) is 11.4 Å². The Morgan fingerprint density at radius 2 is 1.81 bits per heavy atom. The maximum absolute atomic E-state index is 12.5. The summed E-state index contributed by atoms with van der Waals surface area (Å²) in [4.78, 5) is 38.3. The van der Waals surface area contributed by atoms with Crippen LogP contribution in [-0.4, -0.2) is 48.5 Å². The summed E-state index contributed by atoms with van der Waals surface area (Å²) in [6.45, 7) is 4.04. The third-order valence-electron chi connectivity index (χ3n) is 5.34. The number of rotatable bonds is 5. The van der Waals surface area contributed by atoms with Gasteiger partial charge in [0.05, 0.1) is 4.92 Å². The summed E-state index contributed by atoms with van der Waals surface area (Å²) in [5, 5.41) is 11.6. The number of carbonyl (C=O) groups is 1. The number of ether oxygens (including phenoxy) is 1. The summed E-state index contributed by atoms with van der Waals surface area (Å²) in [5.41, 5.74) is 1.76. The Morgan fingerprint density at radius 1 is 1.10 bits per heavy atom. The fourth-order valence-corrected chi connectivity index (χ4v) is 3.63. The first kappa shape index (κ1) is 20.4. The van der Waals surface area contributed by atoms with E-state index in [1.54, 1.807) is 35.2 Å². The molecule has 1 aliphatic heterocycles. The summed E-state index contributed by atoms with van der Waals surface area (Å²) in [5.74, 6) is 0.327. The van der Waals surface area contributed by atoms with Crippen LogP contribution in [0, 0.1) is 17.0 Å². The molecule has 160 valence electrons. The van der Waals surface area contributed by atoms with Crippen molar-refractivity contribution in [3.8, 4) is 5.75 Å². The molecule has 9 nitrogen and oxygen atoms in total. The number of benzene rings is 2. The molecule has 9 heteroatoms. The number of amides is 1. The minimum Gasteiger partial charge on any atom is -0.484 e. The highest BCUT2D eigenvalue weighted by Crippen LogP contribution is 2.23. The van der Waals surface area contributed by atoms with E-state index in [1.807, 2.05) is 6.92 Å². The number of nitro groups is 1. The van der Waals surface area contributed by atoms with Crippen LogP contribution < -0.4 is 15.3 Å². The van der Waals surface area contributed by atoms with Crippen LogP contribution in [0.2, 0.25) is 0 Å². The quantitative estimate of drug-likeness (QED) is 0.353. The Balaban J connectivity index is 1.32. The third kappa shape index (κ3) is 4.50. The van der Waals surface area contributed by atoms with Gasteiger partial charge in [-0.2, -0.15) is 0 Å². The summed E-state index contributed by atoms with van der Waals surface area (Å²) < 4.78 is 10.8. The molecular formula is C22H21N3O6. The number of piperazine rings is 1. The lowest BCUT2D eigenvalue weighted by Gasteiger charge is -2.36. The van der Waals surface area contributed by atoms with E-state index in [4.69, 9.17) is 9.15 Å². The van der Waals surface area contributed by atoms with Crippen molar-refractivity contribution >= 4 is 28.3 Å². The zero-order valence-electron chi connectivity index (χ0n) is 16.9. The topological polar surface area (TPSA) is 106 Å². The molecule has 31 heavy (non-hydrogen) atoms. The largest absolute Gasteiger partial charge is 0.484 e. The second-order valence-electron chi connectivity index (χ2n) is 7.34.